The maximum Gasteiger partial charge on any atom is 0.139 e. The third-order valence-electron chi connectivity index (χ3n) is 3.25. The highest BCUT2D eigenvalue weighted by Gasteiger charge is 2.42. The molecule has 0 aliphatic heterocycles. The van der Waals surface area contributed by atoms with Crippen LogP contribution < -0.4 is 11.1 Å². The van der Waals surface area contributed by atoms with Crippen LogP contribution in [0.25, 0.3) is 0 Å². The van der Waals surface area contributed by atoms with Gasteiger partial charge in [0.25, 0.3) is 0 Å². The van der Waals surface area contributed by atoms with Crippen LogP contribution in [0.15, 0.2) is 23.9 Å². The van der Waals surface area contributed by atoms with Crippen molar-refractivity contribution in [2.24, 2.45) is 16.3 Å². The van der Waals surface area contributed by atoms with Crippen molar-refractivity contribution in [3.63, 3.8) is 0 Å². The van der Waals surface area contributed by atoms with E-state index in [9.17, 15) is 0 Å². The van der Waals surface area contributed by atoms with Crippen LogP contribution in [-0.4, -0.2) is 33.7 Å². The lowest BCUT2D eigenvalue weighted by Crippen LogP contribution is -2.30. The molecular formula is C11H19N5O. The second-order valence-electron chi connectivity index (χ2n) is 4.75. The van der Waals surface area contributed by atoms with E-state index in [1.54, 1.807) is 6.20 Å². The van der Waals surface area contributed by atoms with E-state index in [0.29, 0.717) is 12.3 Å². The van der Waals surface area contributed by atoms with Crippen molar-refractivity contribution in [3.8, 4) is 0 Å². The van der Waals surface area contributed by atoms with Crippen LogP contribution in [0.5, 0.6) is 0 Å². The van der Waals surface area contributed by atoms with Gasteiger partial charge in [-0.25, -0.2) is 4.98 Å². The quantitative estimate of drug-likeness (QED) is 0.210. The first-order valence-electron chi connectivity index (χ1n) is 5.87. The topological polar surface area (TPSA) is 88.5 Å². The van der Waals surface area contributed by atoms with E-state index >= 15 is 0 Å². The van der Waals surface area contributed by atoms with E-state index in [-0.39, 0.29) is 5.41 Å². The number of oxime groups is 1. The van der Waals surface area contributed by atoms with Crippen LogP contribution in [0.4, 0.5) is 0 Å². The van der Waals surface area contributed by atoms with Gasteiger partial charge in [-0.1, -0.05) is 5.16 Å². The lowest BCUT2D eigenvalue weighted by atomic mass is 10.0. The zero-order valence-corrected chi connectivity index (χ0v) is 9.84. The normalized spacial score (nSPS) is 18.2. The predicted octanol–water partition coefficient (Wildman–Crippen LogP) is 0.389. The number of hydrogen-bond donors (Lipinski definition) is 3. The zero-order valence-electron chi connectivity index (χ0n) is 9.84. The summed E-state index contributed by atoms with van der Waals surface area (Å²) < 4.78 is 2.04. The van der Waals surface area contributed by atoms with Gasteiger partial charge in [0.2, 0.25) is 0 Å². The fraction of sp³-hybridized carbons (Fsp3) is 0.636. The smallest absolute Gasteiger partial charge is 0.139 e. The van der Waals surface area contributed by atoms with E-state index in [1.807, 2.05) is 17.1 Å². The second-order valence-corrected chi connectivity index (χ2v) is 4.75. The Morgan fingerprint density at radius 1 is 1.59 bits per heavy atom. The Bertz CT molecular complexity index is 369. The van der Waals surface area contributed by atoms with Crippen LogP contribution >= 0.6 is 0 Å². The molecule has 4 N–H and O–H groups in total. The van der Waals surface area contributed by atoms with Gasteiger partial charge in [0.1, 0.15) is 5.84 Å². The number of hydrogen-bond acceptors (Lipinski definition) is 4. The summed E-state index contributed by atoms with van der Waals surface area (Å²) in [5, 5.41) is 15.0. The minimum atomic E-state index is 0.227. The fourth-order valence-corrected chi connectivity index (χ4v) is 1.99. The van der Waals surface area contributed by atoms with E-state index in [0.717, 1.165) is 32.5 Å². The standard InChI is InChI=1S/C11H19N5O/c12-10(15-17)7-11(1-2-11)8-13-3-5-16-6-4-14-9-16/h4,6,9,13,17H,1-3,5,7-8H2,(H2,12,15). The number of aromatic nitrogens is 2. The van der Waals surface area contributed by atoms with Crippen molar-refractivity contribution >= 4 is 5.84 Å². The molecule has 1 saturated carbocycles. The third-order valence-corrected chi connectivity index (χ3v) is 3.25. The van der Waals surface area contributed by atoms with Crippen molar-refractivity contribution in [2.45, 2.75) is 25.8 Å². The molecule has 0 aromatic carbocycles. The Hall–Kier alpha value is -1.56. The molecule has 1 aliphatic rings. The second kappa shape index (κ2) is 5.18. The first kappa shape index (κ1) is 11.9. The van der Waals surface area contributed by atoms with Crippen LogP contribution in [-0.2, 0) is 6.54 Å². The van der Waals surface area contributed by atoms with Crippen LogP contribution in [0.2, 0.25) is 0 Å². The third kappa shape index (κ3) is 3.45. The minimum absolute atomic E-state index is 0.227. The highest BCUT2D eigenvalue weighted by Crippen LogP contribution is 2.48. The minimum Gasteiger partial charge on any atom is -0.409 e. The van der Waals surface area contributed by atoms with Crippen LogP contribution in [0.1, 0.15) is 19.3 Å². The van der Waals surface area contributed by atoms with Gasteiger partial charge in [-0.3, -0.25) is 0 Å². The van der Waals surface area contributed by atoms with Gasteiger partial charge >= 0.3 is 0 Å². The van der Waals surface area contributed by atoms with Crippen LogP contribution in [0.3, 0.4) is 0 Å². The summed E-state index contributed by atoms with van der Waals surface area (Å²) in [5.74, 6) is 0.332. The summed E-state index contributed by atoms with van der Waals surface area (Å²) in [6.45, 7) is 2.76. The predicted molar refractivity (Wildman–Crippen MR) is 64.8 cm³/mol. The Labute approximate surface area is 101 Å². The van der Waals surface area contributed by atoms with Gasteiger partial charge < -0.3 is 20.8 Å². The Morgan fingerprint density at radius 2 is 2.41 bits per heavy atom. The molecule has 0 atom stereocenters. The first-order chi connectivity index (χ1) is 8.24. The molecule has 94 valence electrons. The van der Waals surface area contributed by atoms with Gasteiger partial charge in [0.15, 0.2) is 0 Å². The summed E-state index contributed by atoms with van der Waals surface area (Å²) in [5.41, 5.74) is 5.77. The average Bonchev–Trinajstić information content (AvgIpc) is 2.89. The van der Waals surface area contributed by atoms with E-state index in [1.165, 1.54) is 0 Å². The number of imidazole rings is 1. The highest BCUT2D eigenvalue weighted by atomic mass is 16.4. The maximum atomic E-state index is 8.55. The Morgan fingerprint density at radius 3 is 3.00 bits per heavy atom. The summed E-state index contributed by atoms with van der Waals surface area (Å²) >= 11 is 0. The van der Waals surface area contributed by atoms with Gasteiger partial charge in [0, 0.05) is 38.4 Å². The summed E-state index contributed by atoms with van der Waals surface area (Å²) in [4.78, 5) is 3.99. The fourth-order valence-electron chi connectivity index (χ4n) is 1.99. The van der Waals surface area contributed by atoms with Crippen molar-refractivity contribution in [3.05, 3.63) is 18.7 Å². The molecule has 0 radical (unpaired) electrons. The largest absolute Gasteiger partial charge is 0.409 e. The average molecular weight is 237 g/mol. The lowest BCUT2D eigenvalue weighted by Gasteiger charge is -2.15. The summed E-state index contributed by atoms with van der Waals surface area (Å²) in [6.07, 6.45) is 8.53. The summed E-state index contributed by atoms with van der Waals surface area (Å²) in [6, 6.07) is 0. The Balaban J connectivity index is 1.65. The monoisotopic (exact) mass is 237 g/mol. The molecule has 1 heterocycles. The van der Waals surface area contributed by atoms with Gasteiger partial charge in [-0.2, -0.15) is 0 Å². The van der Waals surface area contributed by atoms with E-state index < -0.39 is 0 Å². The molecule has 2 rings (SSSR count). The van der Waals surface area contributed by atoms with Gasteiger partial charge in [-0.05, 0) is 18.3 Å². The number of nitrogens with two attached hydrogens (primary N) is 1. The molecule has 0 amide bonds. The number of nitrogens with zero attached hydrogens (tertiary/aromatic N) is 3. The van der Waals surface area contributed by atoms with Gasteiger partial charge in [-0.15, -0.1) is 0 Å². The zero-order chi connectivity index (χ0) is 12.1. The molecule has 0 spiro atoms. The van der Waals surface area contributed by atoms with Crippen LogP contribution in [0, 0.1) is 5.41 Å². The molecule has 1 aromatic rings. The SMILES string of the molecule is NC(CC1(CNCCn2ccnc2)CC1)=NO. The van der Waals surface area contributed by atoms with E-state index in [2.05, 4.69) is 15.5 Å². The summed E-state index contributed by atoms with van der Waals surface area (Å²) in [7, 11) is 0. The number of rotatable bonds is 7. The highest BCUT2D eigenvalue weighted by molar-refractivity contribution is 5.80. The molecule has 0 saturated heterocycles. The van der Waals surface area contributed by atoms with E-state index in [4.69, 9.17) is 10.9 Å². The Kier molecular flexibility index (Phi) is 3.63. The molecule has 0 bridgehead atoms. The molecule has 0 unspecified atom stereocenters. The van der Waals surface area contributed by atoms with Crippen molar-refractivity contribution in [2.75, 3.05) is 13.1 Å². The molecule has 6 nitrogen and oxygen atoms in total. The molecule has 1 aromatic heterocycles. The maximum absolute atomic E-state index is 8.55. The number of nitrogens with one attached hydrogen (secondary N) is 1. The molecule has 1 fully saturated rings. The van der Waals surface area contributed by atoms with Crippen molar-refractivity contribution < 1.29 is 5.21 Å². The lowest BCUT2D eigenvalue weighted by molar-refractivity contribution is 0.314. The number of amidine groups is 1. The van der Waals surface area contributed by atoms with Crippen molar-refractivity contribution in [1.29, 1.82) is 0 Å². The first-order valence-corrected chi connectivity index (χ1v) is 5.87. The van der Waals surface area contributed by atoms with Crippen molar-refractivity contribution in [1.82, 2.24) is 14.9 Å². The molecule has 1 aliphatic carbocycles. The molecule has 6 heteroatoms. The van der Waals surface area contributed by atoms with Gasteiger partial charge in [0.05, 0.1) is 6.33 Å². The molecule has 17 heavy (non-hydrogen) atoms. The molecular weight excluding hydrogens is 218 g/mol.